The first-order valence-electron chi connectivity index (χ1n) is 4.86. The Hall–Kier alpha value is 0.730. The van der Waals surface area contributed by atoms with Crippen molar-refractivity contribution in [2.75, 3.05) is 4.43 Å². The van der Waals surface area contributed by atoms with Crippen LogP contribution in [0.15, 0.2) is 0 Å². The van der Waals surface area contributed by atoms with Crippen molar-refractivity contribution in [1.82, 2.24) is 0 Å². The fourth-order valence-corrected chi connectivity index (χ4v) is 6.87. The molecule has 1 heteroatoms. The fourth-order valence-electron chi connectivity index (χ4n) is 3.42. The summed E-state index contributed by atoms with van der Waals surface area (Å²) in [6, 6.07) is 0. The van der Waals surface area contributed by atoms with Gasteiger partial charge in [0.15, 0.2) is 0 Å². The molecule has 1 heterocycles. The maximum absolute atomic E-state index is 2.51. The van der Waals surface area contributed by atoms with Crippen LogP contribution < -0.4 is 21.2 Å². The van der Waals surface area contributed by atoms with Crippen LogP contribution in [-0.4, -0.2) is 8.35 Å². The number of rotatable bonds is 0. The zero-order chi connectivity index (χ0) is 7.47. The van der Waals surface area contributed by atoms with Crippen LogP contribution in [0.5, 0.6) is 0 Å². The summed E-state index contributed by atoms with van der Waals surface area (Å²) in [5.74, 6) is 2.41. The van der Waals surface area contributed by atoms with Gasteiger partial charge in [-0.3, -0.25) is 0 Å². The van der Waals surface area contributed by atoms with Gasteiger partial charge >= 0.3 is 79.4 Å². The topological polar surface area (TPSA) is 0 Å². The molecular weight excluding hydrogens is 247 g/mol. The van der Waals surface area contributed by atoms with E-state index in [9.17, 15) is 0 Å². The number of hydrogen-bond donors (Lipinski definition) is 0. The van der Waals surface area contributed by atoms with Crippen LogP contribution in [0.25, 0.3) is 0 Å². The fraction of sp³-hybridized carbons (Fsp3) is 1.00. The van der Waals surface area contributed by atoms with Crippen molar-refractivity contribution < 1.29 is 21.2 Å². The van der Waals surface area contributed by atoms with E-state index >= 15 is 0 Å². The Morgan fingerprint density at radius 3 is 3.09 bits per heavy atom. The molecule has 0 aromatic rings. The molecule has 1 saturated heterocycles. The molecule has 3 fully saturated rings. The molecular formula is C10H16I-. The van der Waals surface area contributed by atoms with Crippen molar-refractivity contribution in [1.29, 1.82) is 0 Å². The van der Waals surface area contributed by atoms with Gasteiger partial charge in [0.25, 0.3) is 0 Å². The van der Waals surface area contributed by atoms with Crippen LogP contribution in [0.1, 0.15) is 32.6 Å². The normalized spacial score (nSPS) is 61.0. The van der Waals surface area contributed by atoms with Gasteiger partial charge < -0.3 is 0 Å². The molecule has 0 aromatic carbocycles. The van der Waals surface area contributed by atoms with E-state index in [2.05, 4.69) is 6.92 Å². The predicted octanol–water partition coefficient (Wildman–Crippen LogP) is -0.716. The van der Waals surface area contributed by atoms with Crippen LogP contribution in [0.3, 0.4) is 0 Å². The standard InChI is InChI=1S/C10H16I/c1-7-3-10-4-8(6-11-7)2-9(10)5-10/h7-9H,2-6H2,1H3/q-1. The second-order valence-electron chi connectivity index (χ2n) is 4.86. The van der Waals surface area contributed by atoms with Crippen molar-refractivity contribution in [3.63, 3.8) is 0 Å². The molecule has 11 heavy (non-hydrogen) atoms. The van der Waals surface area contributed by atoms with Gasteiger partial charge in [-0.25, -0.2) is 0 Å². The quantitative estimate of drug-likeness (QED) is 0.400. The Morgan fingerprint density at radius 2 is 2.18 bits per heavy atom. The number of fused-ring (bicyclic) bond motifs is 1. The third kappa shape index (κ3) is 0.991. The minimum absolute atomic E-state index is 0.603. The zero-order valence-corrected chi connectivity index (χ0v) is 9.30. The van der Waals surface area contributed by atoms with Gasteiger partial charge in [-0.15, -0.1) is 0 Å². The SMILES string of the molecule is CC1CC23CC(C[I-]1)CC2C3. The van der Waals surface area contributed by atoms with Crippen LogP contribution >= 0.6 is 0 Å². The minimum atomic E-state index is 0.603. The molecule has 0 radical (unpaired) electrons. The molecule has 0 aromatic heterocycles. The van der Waals surface area contributed by atoms with Gasteiger partial charge in [-0.1, -0.05) is 0 Å². The van der Waals surface area contributed by atoms with Gasteiger partial charge in [0, 0.05) is 0 Å². The molecule has 3 aliphatic rings. The summed E-state index contributed by atoms with van der Waals surface area (Å²) in [6.07, 6.45) is 6.52. The Morgan fingerprint density at radius 1 is 1.27 bits per heavy atom. The molecule has 3 rings (SSSR count). The number of alkyl halides is 2. The average Bonchev–Trinajstić information content (AvgIpc) is 2.52. The van der Waals surface area contributed by atoms with Gasteiger partial charge in [0.05, 0.1) is 0 Å². The van der Waals surface area contributed by atoms with Crippen LogP contribution in [0, 0.1) is 17.3 Å². The molecule has 4 unspecified atom stereocenters. The molecule has 1 aliphatic heterocycles. The average molecular weight is 263 g/mol. The monoisotopic (exact) mass is 263 g/mol. The first-order chi connectivity index (χ1) is 5.28. The predicted molar refractivity (Wildman–Crippen MR) is 42.2 cm³/mol. The van der Waals surface area contributed by atoms with Crippen molar-refractivity contribution in [2.45, 2.75) is 36.5 Å². The Balaban J connectivity index is 1.86. The Bertz CT molecular complexity index is 189. The molecule has 2 bridgehead atoms. The van der Waals surface area contributed by atoms with Crippen molar-refractivity contribution in [3.8, 4) is 0 Å². The van der Waals surface area contributed by atoms with Crippen molar-refractivity contribution >= 4 is 0 Å². The van der Waals surface area contributed by atoms with E-state index < -0.39 is 0 Å². The maximum atomic E-state index is 2.51. The third-order valence-corrected chi connectivity index (χ3v) is 7.63. The summed E-state index contributed by atoms with van der Waals surface area (Å²) in [7, 11) is 0. The number of halogens is 1. The molecule has 64 valence electrons. The summed E-state index contributed by atoms with van der Waals surface area (Å²) in [5, 5.41) is 0. The molecule has 1 spiro atoms. The summed E-state index contributed by atoms with van der Waals surface area (Å²) < 4.78 is 2.82. The van der Waals surface area contributed by atoms with Crippen molar-refractivity contribution in [3.05, 3.63) is 0 Å². The molecule has 4 atom stereocenters. The van der Waals surface area contributed by atoms with E-state index in [-0.39, 0.29) is 0 Å². The molecule has 2 saturated carbocycles. The first-order valence-corrected chi connectivity index (χ1v) is 7.63. The van der Waals surface area contributed by atoms with E-state index in [1.54, 1.807) is 30.1 Å². The van der Waals surface area contributed by atoms with E-state index in [0.717, 1.165) is 9.34 Å². The van der Waals surface area contributed by atoms with Crippen LogP contribution in [-0.2, 0) is 0 Å². The molecule has 0 amide bonds. The van der Waals surface area contributed by atoms with Crippen LogP contribution in [0.2, 0.25) is 0 Å². The van der Waals surface area contributed by atoms with Crippen molar-refractivity contribution in [2.24, 2.45) is 17.3 Å². The van der Waals surface area contributed by atoms with E-state index in [4.69, 9.17) is 0 Å². The Labute approximate surface area is 79.4 Å². The van der Waals surface area contributed by atoms with Gasteiger partial charge in [-0.2, -0.15) is 0 Å². The molecule has 0 N–H and O–H groups in total. The zero-order valence-electron chi connectivity index (χ0n) is 7.15. The second kappa shape index (κ2) is 2.15. The first kappa shape index (κ1) is 7.16. The summed E-state index contributed by atoms with van der Waals surface area (Å²) in [6.45, 7) is 2.51. The summed E-state index contributed by atoms with van der Waals surface area (Å²) >= 11 is 0.603. The van der Waals surface area contributed by atoms with E-state index in [0.29, 0.717) is 21.2 Å². The second-order valence-corrected chi connectivity index (χ2v) is 8.75. The summed E-state index contributed by atoms with van der Waals surface area (Å²) in [4.78, 5) is 0. The van der Waals surface area contributed by atoms with E-state index in [1.807, 2.05) is 0 Å². The van der Waals surface area contributed by atoms with Gasteiger partial charge in [0.1, 0.15) is 0 Å². The van der Waals surface area contributed by atoms with E-state index in [1.165, 1.54) is 11.8 Å². The number of hydrogen-bond acceptors (Lipinski definition) is 0. The van der Waals surface area contributed by atoms with Gasteiger partial charge in [-0.05, 0) is 0 Å². The van der Waals surface area contributed by atoms with Gasteiger partial charge in [0.2, 0.25) is 0 Å². The molecule has 2 aliphatic carbocycles. The summed E-state index contributed by atoms with van der Waals surface area (Å²) in [5.41, 5.74) is 0.945. The third-order valence-electron chi connectivity index (χ3n) is 3.93. The Kier molecular flexibility index (Phi) is 1.40. The van der Waals surface area contributed by atoms with Crippen LogP contribution in [0.4, 0.5) is 0 Å². The molecule has 0 nitrogen and oxygen atoms in total.